The first kappa shape index (κ1) is 26.7. The van der Waals surface area contributed by atoms with Crippen LogP contribution in [0.4, 0.5) is 15.8 Å². The van der Waals surface area contributed by atoms with Crippen molar-refractivity contribution in [3.63, 3.8) is 0 Å². The van der Waals surface area contributed by atoms with E-state index in [1.54, 1.807) is 42.7 Å². The molecule has 0 radical (unpaired) electrons. The average Bonchev–Trinajstić information content (AvgIpc) is 3.56. The van der Waals surface area contributed by atoms with Crippen molar-refractivity contribution in [3.8, 4) is 22.8 Å². The number of H-pyrrole nitrogens is 1. The zero-order valence-corrected chi connectivity index (χ0v) is 23.0. The minimum atomic E-state index is -0.521. The van der Waals surface area contributed by atoms with Crippen molar-refractivity contribution in [2.24, 2.45) is 0 Å². The summed E-state index contributed by atoms with van der Waals surface area (Å²) in [4.78, 5) is 35.1. The molecule has 204 valence electrons. The zero-order chi connectivity index (χ0) is 27.4. The van der Waals surface area contributed by atoms with Crippen LogP contribution in [-0.4, -0.2) is 64.9 Å². The highest BCUT2D eigenvalue weighted by atomic mass is 79.9. The number of allylic oxidation sites excluding steroid dienone is 1. The normalized spacial score (nSPS) is 16.7. The molecular formula is C28H29BrFN5O4. The molecule has 3 aromatic rings. The van der Waals surface area contributed by atoms with Crippen molar-refractivity contribution in [2.75, 3.05) is 37.5 Å². The number of nitrogens with zero attached hydrogens (tertiary/aromatic N) is 2. The van der Waals surface area contributed by atoms with Crippen LogP contribution in [0.3, 0.4) is 0 Å². The van der Waals surface area contributed by atoms with E-state index in [1.165, 1.54) is 13.2 Å². The molecule has 1 fully saturated rings. The first-order chi connectivity index (χ1) is 19.0. The summed E-state index contributed by atoms with van der Waals surface area (Å²) in [7, 11) is 1.39. The predicted molar refractivity (Wildman–Crippen MR) is 149 cm³/mol. The lowest BCUT2D eigenvalue weighted by Crippen LogP contribution is -2.38. The van der Waals surface area contributed by atoms with E-state index >= 15 is 0 Å². The Hall–Kier alpha value is -3.86. The maximum atomic E-state index is 14.5. The smallest absolute Gasteiger partial charge is 0.255 e. The molecule has 0 saturated carbocycles. The number of likely N-dealkylation sites (tertiary alicyclic amines) is 1. The van der Waals surface area contributed by atoms with Gasteiger partial charge in [-0.3, -0.25) is 14.6 Å². The van der Waals surface area contributed by atoms with Gasteiger partial charge in [0, 0.05) is 42.3 Å². The topological polar surface area (TPSA) is 109 Å². The molecule has 0 unspecified atom stereocenters. The van der Waals surface area contributed by atoms with Crippen LogP contribution < -0.4 is 20.1 Å². The molecule has 39 heavy (non-hydrogen) atoms. The first-order valence-corrected chi connectivity index (χ1v) is 13.9. The molecule has 1 atom stereocenters. The summed E-state index contributed by atoms with van der Waals surface area (Å²) in [6.07, 6.45) is 8.98. The second kappa shape index (κ2) is 11.9. The number of aromatic amines is 1. The number of rotatable bonds is 9. The van der Waals surface area contributed by atoms with E-state index < -0.39 is 5.82 Å². The van der Waals surface area contributed by atoms with Gasteiger partial charge in [-0.15, -0.1) is 0 Å². The predicted octanol–water partition coefficient (Wildman–Crippen LogP) is 4.57. The molecule has 2 aliphatic rings. The van der Waals surface area contributed by atoms with Crippen molar-refractivity contribution in [1.29, 1.82) is 0 Å². The molecule has 1 aromatic carbocycles. The summed E-state index contributed by atoms with van der Waals surface area (Å²) in [6, 6.07) is 6.30. The van der Waals surface area contributed by atoms with Crippen LogP contribution in [0.2, 0.25) is 0 Å². The van der Waals surface area contributed by atoms with E-state index in [9.17, 15) is 14.0 Å². The number of benzene rings is 1. The molecule has 4 heterocycles. The molecule has 0 spiro atoms. The lowest BCUT2D eigenvalue weighted by Gasteiger charge is -2.24. The number of fused-ring (bicyclic) bond motifs is 1. The number of hydrogen-bond acceptors (Lipinski definition) is 6. The number of ether oxygens (including phenoxy) is 2. The van der Waals surface area contributed by atoms with Gasteiger partial charge in [0.25, 0.3) is 5.91 Å². The number of methoxy groups -OCH3 is 1. The second-order valence-electron chi connectivity index (χ2n) is 9.25. The maximum Gasteiger partial charge on any atom is 0.255 e. The van der Waals surface area contributed by atoms with Crippen LogP contribution in [0.15, 0.2) is 48.8 Å². The first-order valence-electron chi connectivity index (χ1n) is 12.7. The SMILES string of the molecule is COc1c(F)cccc1Nc1c(-c2ccncc2OC[C@@H]2CCCN2C(=O)/C=C/CBr)[nH]c2c1C(=O)NCC2. The van der Waals surface area contributed by atoms with Crippen molar-refractivity contribution in [3.05, 3.63) is 65.9 Å². The van der Waals surface area contributed by atoms with E-state index in [4.69, 9.17) is 9.47 Å². The number of carbonyl (C=O) groups excluding carboxylic acids is 2. The lowest BCUT2D eigenvalue weighted by atomic mass is 10.0. The standard InChI is InChI=1S/C28H29BrFN5O4/c1-38-27-19(30)6-2-7-21(27)34-26-24-20(10-13-32-28(24)37)33-25(26)18-9-12-31-15-22(18)39-16-17-5-4-14-35(17)23(36)8-3-11-29/h2-3,6-9,12,15,17,33-34H,4-5,10-11,13-14,16H2,1H3,(H,32,37)/b8-3+/t17-/m0/s1. The van der Waals surface area contributed by atoms with Crippen molar-refractivity contribution >= 4 is 39.1 Å². The summed E-state index contributed by atoms with van der Waals surface area (Å²) >= 11 is 3.31. The fourth-order valence-electron chi connectivity index (χ4n) is 5.08. The molecule has 2 aliphatic heterocycles. The summed E-state index contributed by atoms with van der Waals surface area (Å²) in [6.45, 7) is 1.48. The fraction of sp³-hybridized carbons (Fsp3) is 0.321. The van der Waals surface area contributed by atoms with Crippen LogP contribution in [0.1, 0.15) is 28.9 Å². The summed E-state index contributed by atoms with van der Waals surface area (Å²) < 4.78 is 26.0. The van der Waals surface area contributed by atoms with Crippen molar-refractivity contribution in [1.82, 2.24) is 20.2 Å². The van der Waals surface area contributed by atoms with Gasteiger partial charge < -0.3 is 30.0 Å². The van der Waals surface area contributed by atoms with Crippen molar-refractivity contribution < 1.29 is 23.5 Å². The molecule has 11 heteroatoms. The molecule has 2 aromatic heterocycles. The van der Waals surface area contributed by atoms with Gasteiger partial charge in [0.15, 0.2) is 11.6 Å². The number of anilines is 2. The largest absolute Gasteiger partial charge is 0.492 e. The minimum Gasteiger partial charge on any atom is -0.492 e. The Morgan fingerprint density at radius 3 is 3.05 bits per heavy atom. The number of carbonyl (C=O) groups is 2. The number of halogens is 2. The Morgan fingerprint density at radius 2 is 2.23 bits per heavy atom. The molecule has 3 N–H and O–H groups in total. The van der Waals surface area contributed by atoms with Crippen LogP contribution in [0, 0.1) is 5.82 Å². The van der Waals surface area contributed by atoms with Crippen molar-refractivity contribution in [2.45, 2.75) is 25.3 Å². The molecule has 0 bridgehead atoms. The Bertz CT molecular complexity index is 1410. The van der Waals surface area contributed by atoms with E-state index in [-0.39, 0.29) is 23.6 Å². The second-order valence-corrected chi connectivity index (χ2v) is 9.89. The molecule has 0 aliphatic carbocycles. The Labute approximate surface area is 233 Å². The third kappa shape index (κ3) is 5.49. The van der Waals surface area contributed by atoms with E-state index in [2.05, 4.69) is 36.5 Å². The van der Waals surface area contributed by atoms with Gasteiger partial charge in [-0.2, -0.15) is 0 Å². The molecule has 5 rings (SSSR count). The Kier molecular flexibility index (Phi) is 8.16. The van der Waals surface area contributed by atoms with Crippen LogP contribution in [0.5, 0.6) is 11.5 Å². The number of para-hydroxylation sites is 1. The van der Waals surface area contributed by atoms with Crippen LogP contribution in [-0.2, 0) is 11.2 Å². The molecule has 2 amide bonds. The van der Waals surface area contributed by atoms with Crippen LogP contribution in [0.25, 0.3) is 11.3 Å². The Balaban J connectivity index is 1.49. The minimum absolute atomic E-state index is 0.0365. The fourth-order valence-corrected chi connectivity index (χ4v) is 5.27. The molecule has 1 saturated heterocycles. The highest BCUT2D eigenvalue weighted by molar-refractivity contribution is 9.09. The van der Waals surface area contributed by atoms with Gasteiger partial charge in [0.2, 0.25) is 5.91 Å². The third-order valence-electron chi connectivity index (χ3n) is 6.89. The summed E-state index contributed by atoms with van der Waals surface area (Å²) in [5.74, 6) is -0.246. The van der Waals surface area contributed by atoms with E-state index in [0.29, 0.717) is 65.4 Å². The Morgan fingerprint density at radius 1 is 1.36 bits per heavy atom. The number of nitrogens with one attached hydrogen (secondary N) is 3. The van der Waals surface area contributed by atoms with Gasteiger partial charge in [-0.25, -0.2) is 4.39 Å². The molecule has 9 nitrogen and oxygen atoms in total. The lowest BCUT2D eigenvalue weighted by molar-refractivity contribution is -0.127. The average molecular weight is 598 g/mol. The van der Waals surface area contributed by atoms with Gasteiger partial charge in [0.1, 0.15) is 12.4 Å². The van der Waals surface area contributed by atoms with Gasteiger partial charge >= 0.3 is 0 Å². The number of pyridine rings is 1. The highest BCUT2D eigenvalue weighted by Crippen LogP contribution is 2.42. The number of amides is 2. The number of aromatic nitrogens is 2. The molecular weight excluding hydrogens is 569 g/mol. The quantitative estimate of drug-likeness (QED) is 0.246. The summed E-state index contributed by atoms with van der Waals surface area (Å²) in [5.41, 5.74) is 3.38. The van der Waals surface area contributed by atoms with E-state index in [1.807, 2.05) is 4.90 Å². The number of hydrogen-bond donors (Lipinski definition) is 3. The van der Waals surface area contributed by atoms with E-state index in [0.717, 1.165) is 18.5 Å². The number of alkyl halides is 1. The van der Waals surface area contributed by atoms with Gasteiger partial charge in [-0.05, 0) is 37.1 Å². The summed E-state index contributed by atoms with van der Waals surface area (Å²) in [5, 5.41) is 6.73. The van der Waals surface area contributed by atoms with Crippen LogP contribution >= 0.6 is 15.9 Å². The van der Waals surface area contributed by atoms with Gasteiger partial charge in [0.05, 0.1) is 42.0 Å². The third-order valence-corrected chi connectivity index (χ3v) is 7.26. The maximum absolute atomic E-state index is 14.5. The van der Waals surface area contributed by atoms with Gasteiger partial charge in [-0.1, -0.05) is 28.1 Å². The highest BCUT2D eigenvalue weighted by Gasteiger charge is 2.31. The zero-order valence-electron chi connectivity index (χ0n) is 21.4. The monoisotopic (exact) mass is 597 g/mol.